The second-order valence-electron chi connectivity index (χ2n) is 7.92. The lowest BCUT2D eigenvalue weighted by molar-refractivity contribution is 0.286. The number of rotatable bonds is 7. The van der Waals surface area contributed by atoms with Crippen molar-refractivity contribution < 1.29 is 0 Å². The molecule has 0 bridgehead atoms. The highest BCUT2D eigenvalue weighted by Gasteiger charge is 2.41. The number of aryl methyl sites for hydroxylation is 1. The molecule has 0 amide bonds. The summed E-state index contributed by atoms with van der Waals surface area (Å²) in [5.41, 5.74) is 4.41. The van der Waals surface area contributed by atoms with Crippen LogP contribution < -0.4 is 5.32 Å². The molecule has 7 heteroatoms. The zero-order chi connectivity index (χ0) is 21.1. The second kappa shape index (κ2) is 8.93. The SMILES string of the molecule is Cc1ccc([C@H]2[C@H](c3ccccn3)NC(=S)N2CCCN(C)C)n1-c1cccnc1. The van der Waals surface area contributed by atoms with Gasteiger partial charge in [-0.3, -0.25) is 9.97 Å². The minimum atomic E-state index is -0.0113. The molecule has 1 saturated heterocycles. The number of pyridine rings is 2. The summed E-state index contributed by atoms with van der Waals surface area (Å²) in [5.74, 6) is 0. The van der Waals surface area contributed by atoms with Gasteiger partial charge in [-0.05, 0) is 82.6 Å². The van der Waals surface area contributed by atoms with Gasteiger partial charge >= 0.3 is 0 Å². The van der Waals surface area contributed by atoms with Crippen LogP contribution in [0.15, 0.2) is 61.1 Å². The van der Waals surface area contributed by atoms with E-state index in [4.69, 9.17) is 12.2 Å². The van der Waals surface area contributed by atoms with E-state index in [0.29, 0.717) is 0 Å². The number of nitrogens with zero attached hydrogens (tertiary/aromatic N) is 5. The van der Waals surface area contributed by atoms with Gasteiger partial charge < -0.3 is 19.7 Å². The molecule has 156 valence electrons. The lowest BCUT2D eigenvalue weighted by Crippen LogP contribution is -2.33. The van der Waals surface area contributed by atoms with Crippen LogP contribution in [0.1, 0.15) is 35.6 Å². The average molecular weight is 421 g/mol. The highest BCUT2D eigenvalue weighted by atomic mass is 32.1. The van der Waals surface area contributed by atoms with Gasteiger partial charge in [-0.2, -0.15) is 0 Å². The van der Waals surface area contributed by atoms with E-state index in [-0.39, 0.29) is 12.1 Å². The van der Waals surface area contributed by atoms with E-state index in [1.54, 1.807) is 6.20 Å². The zero-order valence-electron chi connectivity index (χ0n) is 17.7. The Kier molecular flexibility index (Phi) is 6.11. The Morgan fingerprint density at radius 2 is 1.97 bits per heavy atom. The van der Waals surface area contributed by atoms with Crippen LogP contribution in [0, 0.1) is 6.92 Å². The molecule has 3 aromatic rings. The molecule has 1 N–H and O–H groups in total. The third kappa shape index (κ3) is 4.08. The molecule has 0 spiro atoms. The van der Waals surface area contributed by atoms with Crippen LogP contribution in [0.25, 0.3) is 5.69 Å². The van der Waals surface area contributed by atoms with Gasteiger partial charge in [0.05, 0.1) is 29.7 Å². The summed E-state index contributed by atoms with van der Waals surface area (Å²) in [4.78, 5) is 13.5. The number of hydrogen-bond acceptors (Lipinski definition) is 4. The van der Waals surface area contributed by atoms with Gasteiger partial charge in [0, 0.05) is 30.3 Å². The van der Waals surface area contributed by atoms with Gasteiger partial charge in [-0.15, -0.1) is 0 Å². The molecule has 4 heterocycles. The van der Waals surface area contributed by atoms with Crippen LogP contribution in [-0.2, 0) is 0 Å². The van der Waals surface area contributed by atoms with Crippen molar-refractivity contribution in [2.75, 3.05) is 27.2 Å². The van der Waals surface area contributed by atoms with E-state index in [2.05, 4.69) is 74.9 Å². The molecule has 6 nitrogen and oxygen atoms in total. The summed E-state index contributed by atoms with van der Waals surface area (Å²) in [5, 5.41) is 4.33. The average Bonchev–Trinajstić information content (AvgIpc) is 3.29. The number of nitrogens with one attached hydrogen (secondary N) is 1. The first-order chi connectivity index (χ1) is 14.6. The van der Waals surface area contributed by atoms with Crippen molar-refractivity contribution in [2.45, 2.75) is 25.4 Å². The first kappa shape index (κ1) is 20.5. The third-order valence-corrected chi connectivity index (χ3v) is 5.87. The van der Waals surface area contributed by atoms with E-state index in [1.807, 2.05) is 30.6 Å². The number of thiocarbonyl (C=S) groups is 1. The van der Waals surface area contributed by atoms with Crippen LogP contribution in [0.2, 0.25) is 0 Å². The molecule has 2 atom stereocenters. The minimum absolute atomic E-state index is 0.0113. The van der Waals surface area contributed by atoms with E-state index >= 15 is 0 Å². The van der Waals surface area contributed by atoms with E-state index in [0.717, 1.165) is 36.0 Å². The molecule has 0 aliphatic carbocycles. The summed E-state index contributed by atoms with van der Waals surface area (Å²) < 4.78 is 2.28. The number of aromatic nitrogens is 3. The Labute approximate surface area is 183 Å². The molecule has 30 heavy (non-hydrogen) atoms. The fraction of sp³-hybridized carbons (Fsp3) is 0.348. The summed E-state index contributed by atoms with van der Waals surface area (Å²) in [6, 6.07) is 14.5. The van der Waals surface area contributed by atoms with E-state index < -0.39 is 0 Å². The van der Waals surface area contributed by atoms with Crippen LogP contribution in [0.4, 0.5) is 0 Å². The van der Waals surface area contributed by atoms with Crippen molar-refractivity contribution in [2.24, 2.45) is 0 Å². The minimum Gasteiger partial charge on any atom is -0.352 e. The van der Waals surface area contributed by atoms with Gasteiger partial charge in [-0.1, -0.05) is 6.07 Å². The zero-order valence-corrected chi connectivity index (χ0v) is 18.5. The Bertz CT molecular complexity index is 985. The molecule has 0 aromatic carbocycles. The molecule has 1 aliphatic rings. The van der Waals surface area contributed by atoms with Gasteiger partial charge in [0.15, 0.2) is 5.11 Å². The lowest BCUT2D eigenvalue weighted by Gasteiger charge is -2.29. The Hall–Kier alpha value is -2.77. The summed E-state index contributed by atoms with van der Waals surface area (Å²) >= 11 is 5.79. The summed E-state index contributed by atoms with van der Waals surface area (Å²) in [7, 11) is 4.21. The standard InChI is InChI=1S/C23H28N6S/c1-17-10-11-20(29(17)18-8-6-12-24-16-18)22-21(19-9-4-5-13-25-19)26-23(30)28(22)15-7-14-27(2)3/h4-6,8-13,16,21-22H,7,14-15H2,1-3H3,(H,26,30)/t21-,22-/m0/s1. The highest BCUT2D eigenvalue weighted by molar-refractivity contribution is 7.80. The molecular weight excluding hydrogens is 392 g/mol. The molecule has 3 aromatic heterocycles. The predicted octanol–water partition coefficient (Wildman–Crippen LogP) is 3.50. The monoisotopic (exact) mass is 420 g/mol. The number of hydrogen-bond donors (Lipinski definition) is 1. The quantitative estimate of drug-likeness (QED) is 0.591. The smallest absolute Gasteiger partial charge is 0.170 e. The lowest BCUT2D eigenvalue weighted by atomic mass is 10.0. The second-order valence-corrected chi connectivity index (χ2v) is 8.31. The molecule has 4 rings (SSSR count). The van der Waals surface area contributed by atoms with Gasteiger partial charge in [0.1, 0.15) is 0 Å². The van der Waals surface area contributed by atoms with Crippen molar-refractivity contribution >= 4 is 17.3 Å². The van der Waals surface area contributed by atoms with Crippen LogP contribution in [-0.4, -0.2) is 56.6 Å². The highest BCUT2D eigenvalue weighted by Crippen LogP contribution is 2.40. The molecule has 0 unspecified atom stereocenters. The molecule has 1 aliphatic heterocycles. The molecule has 0 radical (unpaired) electrons. The molecule has 1 fully saturated rings. The van der Waals surface area contributed by atoms with Crippen LogP contribution in [0.3, 0.4) is 0 Å². The van der Waals surface area contributed by atoms with Crippen molar-refractivity contribution in [3.63, 3.8) is 0 Å². The normalized spacial score (nSPS) is 18.8. The largest absolute Gasteiger partial charge is 0.352 e. The predicted molar refractivity (Wildman–Crippen MR) is 124 cm³/mol. The Morgan fingerprint density at radius 1 is 1.10 bits per heavy atom. The van der Waals surface area contributed by atoms with E-state index in [9.17, 15) is 0 Å². The first-order valence-corrected chi connectivity index (χ1v) is 10.7. The molecular formula is C23H28N6S. The van der Waals surface area contributed by atoms with Crippen LogP contribution in [0.5, 0.6) is 0 Å². The van der Waals surface area contributed by atoms with Crippen molar-refractivity contribution in [3.05, 3.63) is 78.1 Å². The van der Waals surface area contributed by atoms with Crippen molar-refractivity contribution in [1.82, 2.24) is 29.7 Å². The fourth-order valence-corrected chi connectivity index (χ4v) is 4.49. The van der Waals surface area contributed by atoms with Crippen molar-refractivity contribution in [3.8, 4) is 5.69 Å². The maximum atomic E-state index is 5.79. The maximum Gasteiger partial charge on any atom is 0.170 e. The molecule has 0 saturated carbocycles. The maximum absolute atomic E-state index is 5.79. The Balaban J connectivity index is 1.77. The van der Waals surface area contributed by atoms with Gasteiger partial charge in [-0.25, -0.2) is 0 Å². The van der Waals surface area contributed by atoms with Gasteiger partial charge in [0.25, 0.3) is 0 Å². The summed E-state index contributed by atoms with van der Waals surface area (Å²) in [6.07, 6.45) is 6.59. The topological polar surface area (TPSA) is 49.2 Å². The van der Waals surface area contributed by atoms with Crippen molar-refractivity contribution in [1.29, 1.82) is 0 Å². The first-order valence-electron chi connectivity index (χ1n) is 10.3. The van der Waals surface area contributed by atoms with Crippen LogP contribution >= 0.6 is 12.2 Å². The van der Waals surface area contributed by atoms with Gasteiger partial charge in [0.2, 0.25) is 0 Å². The Morgan fingerprint density at radius 3 is 2.67 bits per heavy atom. The summed E-state index contributed by atoms with van der Waals surface area (Å²) in [6.45, 7) is 4.03. The van der Waals surface area contributed by atoms with E-state index in [1.165, 1.54) is 11.4 Å². The fourth-order valence-electron chi connectivity index (χ4n) is 4.15. The third-order valence-electron chi connectivity index (χ3n) is 5.52.